The maximum absolute atomic E-state index is 14.0. The zero-order valence-electron chi connectivity index (χ0n) is 13.1. The number of nitrogens with one attached hydrogen (secondary N) is 1. The maximum Gasteiger partial charge on any atom is 0.335 e. The normalized spacial score (nSPS) is 11.1. The van der Waals surface area contributed by atoms with Crippen molar-refractivity contribution in [3.63, 3.8) is 0 Å². The molecule has 0 saturated carbocycles. The molecular formula is C17H12FN3O4S. The first-order chi connectivity index (χ1) is 12.4. The Morgan fingerprint density at radius 3 is 2.42 bits per heavy atom. The SMILES string of the molecule is O=C(O)c1ccc(F)c(-c2ccc(S(=O)(=O)Nc3ccncn3)cc2)c1. The lowest BCUT2D eigenvalue weighted by molar-refractivity contribution is 0.0697. The minimum absolute atomic E-state index is 0.0466. The molecule has 3 rings (SSSR count). The Bertz CT molecular complexity index is 1060. The van der Waals surface area contributed by atoms with Crippen molar-refractivity contribution in [2.24, 2.45) is 0 Å². The number of rotatable bonds is 5. The van der Waals surface area contributed by atoms with Crippen LogP contribution in [0, 0.1) is 5.82 Å². The van der Waals surface area contributed by atoms with Crippen molar-refractivity contribution in [2.75, 3.05) is 4.72 Å². The Morgan fingerprint density at radius 1 is 1.08 bits per heavy atom. The molecule has 0 saturated heterocycles. The van der Waals surface area contributed by atoms with Crippen LogP contribution >= 0.6 is 0 Å². The fourth-order valence-electron chi connectivity index (χ4n) is 2.24. The van der Waals surface area contributed by atoms with E-state index in [0.717, 1.165) is 12.1 Å². The van der Waals surface area contributed by atoms with E-state index in [4.69, 9.17) is 5.11 Å². The van der Waals surface area contributed by atoms with Gasteiger partial charge >= 0.3 is 5.97 Å². The molecule has 0 aliphatic heterocycles. The van der Waals surface area contributed by atoms with Gasteiger partial charge in [-0.25, -0.2) is 27.6 Å². The summed E-state index contributed by atoms with van der Waals surface area (Å²) in [7, 11) is -3.87. The molecule has 0 aliphatic rings. The summed E-state index contributed by atoms with van der Waals surface area (Å²) >= 11 is 0. The number of aromatic nitrogens is 2. The highest BCUT2D eigenvalue weighted by molar-refractivity contribution is 7.92. The average Bonchev–Trinajstić information content (AvgIpc) is 2.62. The fourth-order valence-corrected chi connectivity index (χ4v) is 3.25. The number of halogens is 1. The van der Waals surface area contributed by atoms with Gasteiger partial charge in [-0.2, -0.15) is 0 Å². The molecule has 26 heavy (non-hydrogen) atoms. The molecule has 2 N–H and O–H groups in total. The number of aromatic carboxylic acids is 1. The van der Waals surface area contributed by atoms with E-state index in [9.17, 15) is 17.6 Å². The second kappa shape index (κ2) is 6.89. The van der Waals surface area contributed by atoms with Crippen molar-refractivity contribution < 1.29 is 22.7 Å². The zero-order chi connectivity index (χ0) is 18.7. The quantitative estimate of drug-likeness (QED) is 0.712. The van der Waals surface area contributed by atoms with E-state index in [1.165, 1.54) is 48.9 Å². The Hall–Kier alpha value is -3.33. The number of carbonyl (C=O) groups is 1. The van der Waals surface area contributed by atoms with Crippen LogP contribution in [0.3, 0.4) is 0 Å². The second-order valence-electron chi connectivity index (χ2n) is 5.22. The van der Waals surface area contributed by atoms with Crippen LogP contribution in [0.4, 0.5) is 10.2 Å². The lowest BCUT2D eigenvalue weighted by Gasteiger charge is -2.09. The van der Waals surface area contributed by atoms with Gasteiger partial charge in [-0.15, -0.1) is 0 Å². The van der Waals surface area contributed by atoms with Gasteiger partial charge in [-0.05, 0) is 42.0 Å². The third-order valence-electron chi connectivity index (χ3n) is 3.51. The summed E-state index contributed by atoms with van der Waals surface area (Å²) in [5.41, 5.74) is 0.354. The monoisotopic (exact) mass is 373 g/mol. The Kier molecular flexibility index (Phi) is 4.63. The summed E-state index contributed by atoms with van der Waals surface area (Å²) in [5, 5.41) is 9.02. The first-order valence-electron chi connectivity index (χ1n) is 7.29. The molecule has 3 aromatic rings. The number of benzene rings is 2. The molecule has 9 heteroatoms. The van der Waals surface area contributed by atoms with Gasteiger partial charge < -0.3 is 5.11 Å². The topological polar surface area (TPSA) is 109 Å². The van der Waals surface area contributed by atoms with Gasteiger partial charge in [0.05, 0.1) is 10.5 Å². The number of anilines is 1. The van der Waals surface area contributed by atoms with E-state index >= 15 is 0 Å². The molecule has 0 spiro atoms. The van der Waals surface area contributed by atoms with Crippen molar-refractivity contribution in [1.29, 1.82) is 0 Å². The summed E-state index contributed by atoms with van der Waals surface area (Å²) < 4.78 is 41.0. The number of sulfonamides is 1. The third kappa shape index (κ3) is 3.67. The minimum atomic E-state index is -3.87. The van der Waals surface area contributed by atoms with E-state index in [0.29, 0.717) is 5.56 Å². The Morgan fingerprint density at radius 2 is 1.81 bits per heavy atom. The Labute approximate surface area is 148 Å². The largest absolute Gasteiger partial charge is 0.478 e. The molecule has 7 nitrogen and oxygen atoms in total. The van der Waals surface area contributed by atoms with E-state index in [1.807, 2.05) is 0 Å². The summed E-state index contributed by atoms with van der Waals surface area (Å²) in [6.07, 6.45) is 2.60. The van der Waals surface area contributed by atoms with Crippen molar-refractivity contribution in [2.45, 2.75) is 4.90 Å². The van der Waals surface area contributed by atoms with E-state index < -0.39 is 21.8 Å². The third-order valence-corrected chi connectivity index (χ3v) is 4.88. The maximum atomic E-state index is 14.0. The molecule has 0 radical (unpaired) electrons. The van der Waals surface area contributed by atoms with Gasteiger partial charge in [0.25, 0.3) is 10.0 Å². The predicted octanol–water partition coefficient (Wildman–Crippen LogP) is 2.78. The van der Waals surface area contributed by atoms with Crippen molar-refractivity contribution in [3.05, 3.63) is 72.4 Å². The van der Waals surface area contributed by atoms with Crippen LogP contribution in [0.2, 0.25) is 0 Å². The van der Waals surface area contributed by atoms with Crippen LogP contribution in [-0.4, -0.2) is 29.5 Å². The molecule has 0 aliphatic carbocycles. The number of hydrogen-bond acceptors (Lipinski definition) is 5. The van der Waals surface area contributed by atoms with E-state index in [1.54, 1.807) is 0 Å². The van der Waals surface area contributed by atoms with E-state index in [-0.39, 0.29) is 21.8 Å². The van der Waals surface area contributed by atoms with Gasteiger partial charge in [-0.3, -0.25) is 4.72 Å². The standard InChI is InChI=1S/C17H12FN3O4S/c18-15-6-3-12(17(22)23)9-14(15)11-1-4-13(5-2-11)26(24,25)21-16-7-8-19-10-20-16/h1-10H,(H,22,23)(H,19,20,21). The molecule has 1 heterocycles. The minimum Gasteiger partial charge on any atom is -0.478 e. The summed E-state index contributed by atoms with van der Waals surface area (Å²) in [6.45, 7) is 0. The molecule has 1 aromatic heterocycles. The lowest BCUT2D eigenvalue weighted by atomic mass is 10.0. The molecule has 2 aromatic carbocycles. The summed E-state index contributed by atoms with van der Waals surface area (Å²) in [4.78, 5) is 18.5. The van der Waals surface area contributed by atoms with Gasteiger partial charge in [0.1, 0.15) is 18.0 Å². The first kappa shape index (κ1) is 17.5. The van der Waals surface area contributed by atoms with Gasteiger partial charge in [0, 0.05) is 11.8 Å². The number of carboxylic acid groups (broad SMARTS) is 1. The van der Waals surface area contributed by atoms with Crippen molar-refractivity contribution in [3.8, 4) is 11.1 Å². The highest BCUT2D eigenvalue weighted by Gasteiger charge is 2.16. The van der Waals surface area contributed by atoms with Crippen LogP contribution in [0.5, 0.6) is 0 Å². The molecule has 0 atom stereocenters. The summed E-state index contributed by atoms with van der Waals surface area (Å²) in [6, 6.07) is 10.2. The van der Waals surface area contributed by atoms with Crippen LogP contribution in [0.1, 0.15) is 10.4 Å². The number of hydrogen-bond donors (Lipinski definition) is 2. The van der Waals surface area contributed by atoms with Crippen LogP contribution < -0.4 is 4.72 Å². The zero-order valence-corrected chi connectivity index (χ0v) is 13.9. The van der Waals surface area contributed by atoms with Gasteiger partial charge in [0.15, 0.2) is 0 Å². The van der Waals surface area contributed by atoms with Gasteiger partial charge in [0.2, 0.25) is 0 Å². The lowest BCUT2D eigenvalue weighted by Crippen LogP contribution is -2.13. The molecule has 132 valence electrons. The van der Waals surface area contributed by atoms with Crippen molar-refractivity contribution >= 4 is 21.8 Å². The number of nitrogens with zero attached hydrogens (tertiary/aromatic N) is 2. The first-order valence-corrected chi connectivity index (χ1v) is 8.77. The molecule has 0 amide bonds. The smallest absolute Gasteiger partial charge is 0.335 e. The molecule has 0 bridgehead atoms. The van der Waals surface area contributed by atoms with Crippen LogP contribution in [0.25, 0.3) is 11.1 Å². The summed E-state index contributed by atoms with van der Waals surface area (Å²) in [5.74, 6) is -1.67. The van der Waals surface area contributed by atoms with Crippen LogP contribution in [-0.2, 0) is 10.0 Å². The predicted molar refractivity (Wildman–Crippen MR) is 91.6 cm³/mol. The Balaban J connectivity index is 1.92. The van der Waals surface area contributed by atoms with Crippen molar-refractivity contribution in [1.82, 2.24) is 9.97 Å². The van der Waals surface area contributed by atoms with Gasteiger partial charge in [-0.1, -0.05) is 12.1 Å². The second-order valence-corrected chi connectivity index (χ2v) is 6.91. The highest BCUT2D eigenvalue weighted by atomic mass is 32.2. The number of carboxylic acids is 1. The average molecular weight is 373 g/mol. The molecule has 0 unspecified atom stereocenters. The van der Waals surface area contributed by atoms with E-state index in [2.05, 4.69) is 14.7 Å². The van der Waals surface area contributed by atoms with Crippen LogP contribution in [0.15, 0.2) is 66.0 Å². The fraction of sp³-hybridized carbons (Fsp3) is 0. The highest BCUT2D eigenvalue weighted by Crippen LogP contribution is 2.26. The molecule has 0 fully saturated rings. The molecular weight excluding hydrogens is 361 g/mol.